The Bertz CT molecular complexity index is 1380. The Morgan fingerprint density at radius 2 is 1.05 bits per heavy atom. The molecule has 1 heterocycles. The molecular weight excluding hydrogens is 543 g/mol. The summed E-state index contributed by atoms with van der Waals surface area (Å²) in [5.41, 5.74) is 4.02. The summed E-state index contributed by atoms with van der Waals surface area (Å²) in [7, 11) is 0.587. The van der Waals surface area contributed by atoms with E-state index in [2.05, 4.69) is 65.4 Å². The van der Waals surface area contributed by atoms with Crippen molar-refractivity contribution in [3.05, 3.63) is 89.5 Å². The summed E-state index contributed by atoms with van der Waals surface area (Å²) in [6, 6.07) is 24.9. The fourth-order valence-corrected chi connectivity index (χ4v) is 5.84. The van der Waals surface area contributed by atoms with Crippen LogP contribution >= 0.6 is 0 Å². The van der Waals surface area contributed by atoms with E-state index in [9.17, 15) is 10.0 Å². The third-order valence-electron chi connectivity index (χ3n) is 7.96. The molecule has 228 valence electrons. The lowest BCUT2D eigenvalue weighted by Crippen LogP contribution is -2.35. The first-order valence-electron chi connectivity index (χ1n) is 15.2. The van der Waals surface area contributed by atoms with Gasteiger partial charge in [-0.05, 0) is 50.7 Å². The van der Waals surface area contributed by atoms with Crippen molar-refractivity contribution in [1.29, 1.82) is 0 Å². The normalized spacial score (nSPS) is 16.7. The van der Waals surface area contributed by atoms with Gasteiger partial charge in [-0.1, -0.05) is 72.8 Å². The van der Waals surface area contributed by atoms with Crippen molar-refractivity contribution >= 4 is 34.1 Å². The van der Waals surface area contributed by atoms with Crippen LogP contribution in [0.5, 0.6) is 0 Å². The number of ether oxygens (including phenoxy) is 4. The number of nitrogens with zero attached hydrogens (tertiary/aromatic N) is 2. The molecule has 43 heavy (non-hydrogen) atoms. The molecular formula is C34H43BN2O6. The minimum atomic E-state index is -1.49. The summed E-state index contributed by atoms with van der Waals surface area (Å²) in [5, 5.41) is 24.7. The molecule has 0 spiro atoms. The van der Waals surface area contributed by atoms with Crippen molar-refractivity contribution in [3.8, 4) is 0 Å². The second kappa shape index (κ2) is 16.3. The van der Waals surface area contributed by atoms with Gasteiger partial charge in [0.25, 0.3) is 0 Å². The second-order valence-corrected chi connectivity index (χ2v) is 11.0. The van der Waals surface area contributed by atoms with E-state index < -0.39 is 7.12 Å². The van der Waals surface area contributed by atoms with Crippen molar-refractivity contribution in [2.24, 2.45) is 0 Å². The molecule has 9 heteroatoms. The van der Waals surface area contributed by atoms with Gasteiger partial charge in [-0.15, -0.1) is 0 Å². The van der Waals surface area contributed by atoms with Crippen LogP contribution in [0.4, 0.5) is 0 Å². The van der Waals surface area contributed by atoms with Crippen molar-refractivity contribution in [2.75, 3.05) is 73.0 Å². The van der Waals surface area contributed by atoms with E-state index in [4.69, 9.17) is 18.9 Å². The highest BCUT2D eigenvalue weighted by Gasteiger charge is 2.19. The average molecular weight is 587 g/mol. The number of hydrogen-bond acceptors (Lipinski definition) is 8. The van der Waals surface area contributed by atoms with E-state index >= 15 is 0 Å². The lowest BCUT2D eigenvalue weighted by atomic mass is 9.77. The first-order valence-corrected chi connectivity index (χ1v) is 15.2. The highest BCUT2D eigenvalue weighted by molar-refractivity contribution is 6.59. The van der Waals surface area contributed by atoms with Crippen LogP contribution in [-0.2, 0) is 38.6 Å². The second-order valence-electron chi connectivity index (χ2n) is 11.0. The van der Waals surface area contributed by atoms with Crippen LogP contribution in [0.15, 0.2) is 72.8 Å². The first-order chi connectivity index (χ1) is 21.1. The van der Waals surface area contributed by atoms with E-state index in [0.29, 0.717) is 71.4 Å². The molecule has 0 atom stereocenters. The highest BCUT2D eigenvalue weighted by atomic mass is 16.6. The lowest BCUT2D eigenvalue weighted by Gasteiger charge is -2.26. The van der Waals surface area contributed by atoms with Gasteiger partial charge in [0, 0.05) is 32.7 Å². The van der Waals surface area contributed by atoms with Gasteiger partial charge in [-0.3, -0.25) is 9.80 Å². The molecule has 8 nitrogen and oxygen atoms in total. The molecule has 5 rings (SSSR count). The maximum absolute atomic E-state index is 9.89. The summed E-state index contributed by atoms with van der Waals surface area (Å²) in [6.07, 6.45) is 0. The van der Waals surface area contributed by atoms with Crippen molar-refractivity contribution in [3.63, 3.8) is 0 Å². The highest BCUT2D eigenvalue weighted by Crippen LogP contribution is 2.34. The molecule has 1 fully saturated rings. The maximum atomic E-state index is 9.89. The van der Waals surface area contributed by atoms with Gasteiger partial charge < -0.3 is 29.0 Å². The Morgan fingerprint density at radius 1 is 0.605 bits per heavy atom. The van der Waals surface area contributed by atoms with Gasteiger partial charge in [0.1, 0.15) is 0 Å². The van der Waals surface area contributed by atoms with E-state index in [1.807, 2.05) is 18.2 Å². The van der Waals surface area contributed by atoms with Crippen LogP contribution in [0.25, 0.3) is 21.5 Å². The number of rotatable bonds is 7. The topological polar surface area (TPSA) is 83.9 Å². The van der Waals surface area contributed by atoms with Gasteiger partial charge in [-0.25, -0.2) is 0 Å². The van der Waals surface area contributed by atoms with Crippen LogP contribution in [0, 0.1) is 0 Å². The largest absolute Gasteiger partial charge is 0.488 e. The van der Waals surface area contributed by atoms with Gasteiger partial charge in [0.2, 0.25) is 0 Å². The minimum Gasteiger partial charge on any atom is -0.423 e. The molecule has 0 aliphatic carbocycles. The first kappa shape index (κ1) is 31.6. The monoisotopic (exact) mass is 586 g/mol. The number of benzene rings is 4. The Hall–Kier alpha value is -2.86. The fraction of sp³-hybridized carbons (Fsp3) is 0.412. The molecule has 0 aromatic heterocycles. The lowest BCUT2D eigenvalue weighted by molar-refractivity contribution is 0.00206. The summed E-state index contributed by atoms with van der Waals surface area (Å²) < 4.78 is 23.0. The summed E-state index contributed by atoms with van der Waals surface area (Å²) in [5.74, 6) is 0. The Kier molecular flexibility index (Phi) is 12.0. The van der Waals surface area contributed by atoms with E-state index in [-0.39, 0.29) is 0 Å². The summed E-state index contributed by atoms with van der Waals surface area (Å²) in [4.78, 5) is 4.65. The Morgan fingerprint density at radius 3 is 1.56 bits per heavy atom. The quantitative estimate of drug-likeness (QED) is 0.253. The van der Waals surface area contributed by atoms with Gasteiger partial charge in [0.15, 0.2) is 0 Å². The zero-order valence-electron chi connectivity index (χ0n) is 25.1. The predicted octanol–water partition coefficient (Wildman–Crippen LogP) is 3.19. The molecule has 1 saturated heterocycles. The summed E-state index contributed by atoms with van der Waals surface area (Å²) in [6.45, 7) is 8.35. The van der Waals surface area contributed by atoms with Crippen molar-refractivity contribution in [2.45, 2.75) is 19.6 Å². The van der Waals surface area contributed by atoms with Gasteiger partial charge in [0.05, 0.1) is 52.9 Å². The van der Waals surface area contributed by atoms with Crippen molar-refractivity contribution < 1.29 is 29.0 Å². The maximum Gasteiger partial charge on any atom is 0.488 e. The predicted molar refractivity (Wildman–Crippen MR) is 171 cm³/mol. The van der Waals surface area contributed by atoms with Gasteiger partial charge >= 0.3 is 7.12 Å². The molecule has 0 radical (unpaired) electrons. The van der Waals surface area contributed by atoms with Crippen molar-refractivity contribution in [1.82, 2.24) is 9.80 Å². The molecule has 1 aliphatic rings. The van der Waals surface area contributed by atoms with Gasteiger partial charge in [-0.2, -0.15) is 0 Å². The van der Waals surface area contributed by atoms with Crippen LogP contribution < -0.4 is 5.46 Å². The Balaban J connectivity index is 1.43. The van der Waals surface area contributed by atoms with E-state index in [1.54, 1.807) is 6.07 Å². The average Bonchev–Trinajstić information content (AvgIpc) is 3.03. The molecule has 0 unspecified atom stereocenters. The van der Waals surface area contributed by atoms with E-state index in [1.165, 1.54) is 32.7 Å². The molecule has 4 aromatic rings. The van der Waals surface area contributed by atoms with Crippen LogP contribution in [0.2, 0.25) is 0 Å². The minimum absolute atomic E-state index is 0.542. The molecule has 0 saturated carbocycles. The zero-order valence-corrected chi connectivity index (χ0v) is 25.1. The fourth-order valence-electron chi connectivity index (χ4n) is 5.84. The third kappa shape index (κ3) is 8.62. The Labute approximate surface area is 254 Å². The SMILES string of the molecule is CN(Cc1ccccc1B(O)O)Cc1c2ccccc2c(CN2CCOCCOCCOCCOCC2)c2ccccc12. The molecule has 2 N–H and O–H groups in total. The zero-order chi connectivity index (χ0) is 29.9. The summed E-state index contributed by atoms with van der Waals surface area (Å²) >= 11 is 0. The van der Waals surface area contributed by atoms with Crippen LogP contribution in [-0.4, -0.2) is 100.0 Å². The van der Waals surface area contributed by atoms with E-state index in [0.717, 1.165) is 25.2 Å². The molecule has 1 aliphatic heterocycles. The number of fused-ring (bicyclic) bond motifs is 2. The van der Waals surface area contributed by atoms with Crippen LogP contribution in [0.3, 0.4) is 0 Å². The smallest absolute Gasteiger partial charge is 0.423 e. The third-order valence-corrected chi connectivity index (χ3v) is 7.96. The number of hydrogen-bond donors (Lipinski definition) is 2. The molecule has 0 amide bonds. The molecule has 4 aromatic carbocycles. The standard InChI is InChI=1S/C34H43BN2O6/c1-36(24-27-8-2-7-13-34(27)35(38)39)25-32-28-9-3-5-11-30(28)33(31-12-6-4-10-29(31)32)26-37-14-16-40-18-20-42-22-23-43-21-19-41-17-15-37/h2-13,38-39H,14-26H2,1H3. The van der Waals surface area contributed by atoms with Crippen LogP contribution in [0.1, 0.15) is 16.7 Å². The molecule has 0 bridgehead atoms.